The Balaban J connectivity index is 1.42. The summed E-state index contributed by atoms with van der Waals surface area (Å²) in [5.74, 6) is -2.54. The summed E-state index contributed by atoms with van der Waals surface area (Å²) in [5.41, 5.74) is 5.63. The van der Waals surface area contributed by atoms with E-state index in [9.17, 15) is 19.1 Å². The number of carbonyl (C=O) groups is 2. The van der Waals surface area contributed by atoms with Gasteiger partial charge < -0.3 is 20.9 Å². The highest BCUT2D eigenvalue weighted by molar-refractivity contribution is 6.13. The molecule has 0 saturated heterocycles. The predicted octanol–water partition coefficient (Wildman–Crippen LogP) is 4.79. The SMILES string of the molecule is NC(=O)C1(C(=O)Nc2ccc(F)cc2-c2ccc(Oc3ccc(O)c(-c4ccncn4)c3)c(F)c2)CC1. The van der Waals surface area contributed by atoms with Crippen molar-refractivity contribution in [2.75, 3.05) is 5.32 Å². The molecule has 5 rings (SSSR count). The maximum atomic E-state index is 15.1. The van der Waals surface area contributed by atoms with E-state index >= 15 is 4.39 Å². The summed E-state index contributed by atoms with van der Waals surface area (Å²) in [6.07, 6.45) is 3.53. The Bertz CT molecular complexity index is 1520. The van der Waals surface area contributed by atoms with Gasteiger partial charge in [0.1, 0.15) is 29.1 Å². The fraction of sp³-hybridized carbons (Fsp3) is 0.111. The molecular weight excluding hydrogens is 482 g/mol. The first-order valence-electron chi connectivity index (χ1n) is 11.2. The van der Waals surface area contributed by atoms with Gasteiger partial charge in [0.15, 0.2) is 11.6 Å². The van der Waals surface area contributed by atoms with E-state index < -0.39 is 28.9 Å². The van der Waals surface area contributed by atoms with Crippen LogP contribution in [0.25, 0.3) is 22.4 Å². The molecule has 186 valence electrons. The van der Waals surface area contributed by atoms with Crippen molar-refractivity contribution in [3.63, 3.8) is 0 Å². The maximum absolute atomic E-state index is 15.1. The number of halogens is 2. The highest BCUT2D eigenvalue weighted by Crippen LogP contribution is 2.46. The first kappa shape index (κ1) is 23.9. The van der Waals surface area contributed by atoms with Gasteiger partial charge in [-0.05, 0) is 73.0 Å². The number of aromatic hydroxyl groups is 1. The molecule has 2 amide bonds. The quantitative estimate of drug-likeness (QED) is 0.312. The molecular formula is C27H20F2N4O4. The van der Waals surface area contributed by atoms with Crippen LogP contribution in [0.2, 0.25) is 0 Å². The Morgan fingerprint density at radius 2 is 1.81 bits per heavy atom. The van der Waals surface area contributed by atoms with Gasteiger partial charge in [0.25, 0.3) is 0 Å². The summed E-state index contributed by atoms with van der Waals surface area (Å²) >= 11 is 0. The summed E-state index contributed by atoms with van der Waals surface area (Å²) < 4.78 is 34.9. The minimum Gasteiger partial charge on any atom is -0.507 e. The first-order valence-corrected chi connectivity index (χ1v) is 11.2. The molecule has 0 unspecified atom stereocenters. The summed E-state index contributed by atoms with van der Waals surface area (Å²) in [6.45, 7) is 0. The number of anilines is 1. The van der Waals surface area contributed by atoms with Crippen molar-refractivity contribution in [2.24, 2.45) is 11.1 Å². The number of benzene rings is 3. The van der Waals surface area contributed by atoms with E-state index in [4.69, 9.17) is 10.5 Å². The number of amides is 2. The van der Waals surface area contributed by atoms with Crippen molar-refractivity contribution in [2.45, 2.75) is 12.8 Å². The number of nitrogens with zero attached hydrogens (tertiary/aromatic N) is 2. The fourth-order valence-electron chi connectivity index (χ4n) is 3.93. The van der Waals surface area contributed by atoms with Gasteiger partial charge in [0, 0.05) is 23.0 Å². The highest BCUT2D eigenvalue weighted by Gasteiger charge is 2.55. The second kappa shape index (κ2) is 9.30. The average molecular weight is 502 g/mol. The average Bonchev–Trinajstić information content (AvgIpc) is 3.70. The number of aromatic nitrogens is 2. The lowest BCUT2D eigenvalue weighted by atomic mass is 10.0. The molecule has 4 aromatic rings. The van der Waals surface area contributed by atoms with Crippen molar-refractivity contribution in [3.05, 3.63) is 84.8 Å². The molecule has 1 aromatic heterocycles. The number of nitrogens with one attached hydrogen (secondary N) is 1. The third-order valence-corrected chi connectivity index (χ3v) is 6.18. The Labute approximate surface area is 209 Å². The number of hydrogen-bond acceptors (Lipinski definition) is 6. The van der Waals surface area contributed by atoms with Crippen LogP contribution in [0.5, 0.6) is 17.2 Å². The van der Waals surface area contributed by atoms with Crippen LogP contribution in [0.3, 0.4) is 0 Å². The number of hydrogen-bond donors (Lipinski definition) is 3. The molecule has 1 heterocycles. The number of nitrogens with two attached hydrogens (primary N) is 1. The number of carbonyl (C=O) groups excluding carboxylic acids is 2. The lowest BCUT2D eigenvalue weighted by Crippen LogP contribution is -2.36. The minimum absolute atomic E-state index is 0.0353. The molecule has 0 bridgehead atoms. The number of ether oxygens (including phenoxy) is 1. The van der Waals surface area contributed by atoms with Crippen LogP contribution >= 0.6 is 0 Å². The topological polar surface area (TPSA) is 127 Å². The lowest BCUT2D eigenvalue weighted by Gasteiger charge is -2.16. The van der Waals surface area contributed by atoms with Gasteiger partial charge in [-0.1, -0.05) is 6.07 Å². The lowest BCUT2D eigenvalue weighted by molar-refractivity contribution is -0.132. The van der Waals surface area contributed by atoms with Gasteiger partial charge in [0.05, 0.1) is 5.69 Å². The Kier molecular flexibility index (Phi) is 6.00. The molecule has 0 aliphatic heterocycles. The molecule has 0 spiro atoms. The van der Waals surface area contributed by atoms with Crippen LogP contribution in [-0.4, -0.2) is 26.9 Å². The van der Waals surface area contributed by atoms with Gasteiger partial charge in [-0.25, -0.2) is 18.7 Å². The summed E-state index contributed by atoms with van der Waals surface area (Å²) in [5, 5.41) is 12.8. The second-order valence-corrected chi connectivity index (χ2v) is 8.61. The van der Waals surface area contributed by atoms with Crippen molar-refractivity contribution < 1.29 is 28.2 Å². The van der Waals surface area contributed by atoms with Crippen molar-refractivity contribution in [1.29, 1.82) is 0 Å². The third-order valence-electron chi connectivity index (χ3n) is 6.18. The number of phenols is 1. The molecule has 0 radical (unpaired) electrons. The van der Waals surface area contributed by atoms with E-state index in [-0.39, 0.29) is 34.1 Å². The molecule has 0 atom stereocenters. The molecule has 1 aliphatic carbocycles. The third kappa shape index (κ3) is 4.68. The summed E-state index contributed by atoms with van der Waals surface area (Å²) in [6, 6.07) is 13.7. The van der Waals surface area contributed by atoms with E-state index in [1.807, 2.05) is 0 Å². The molecule has 1 aliphatic rings. The van der Waals surface area contributed by atoms with Crippen molar-refractivity contribution in [1.82, 2.24) is 9.97 Å². The number of phenolic OH excluding ortho intramolecular Hbond substituents is 1. The predicted molar refractivity (Wildman–Crippen MR) is 130 cm³/mol. The zero-order valence-corrected chi connectivity index (χ0v) is 19.2. The van der Waals surface area contributed by atoms with Crippen molar-refractivity contribution in [3.8, 4) is 39.6 Å². The normalized spacial score (nSPS) is 13.6. The fourth-order valence-corrected chi connectivity index (χ4v) is 3.93. The standard InChI is InChI=1S/C27H20F2N4O4/c28-16-2-4-22(33-26(36)27(8-9-27)25(30)35)18(12-16)15-1-6-24(20(29)11-15)37-17-3-5-23(34)19(13-17)21-7-10-31-14-32-21/h1-7,10-14,34H,8-9H2,(H2,30,35)(H,33,36). The van der Waals surface area contributed by atoms with Crippen LogP contribution in [0.4, 0.5) is 14.5 Å². The van der Waals surface area contributed by atoms with E-state index in [2.05, 4.69) is 15.3 Å². The molecule has 4 N–H and O–H groups in total. The van der Waals surface area contributed by atoms with Gasteiger partial charge in [-0.2, -0.15) is 0 Å². The van der Waals surface area contributed by atoms with Gasteiger partial charge in [-0.3, -0.25) is 9.59 Å². The molecule has 3 aromatic carbocycles. The van der Waals surface area contributed by atoms with Crippen LogP contribution in [0, 0.1) is 17.0 Å². The Morgan fingerprint density at radius 1 is 1.00 bits per heavy atom. The van der Waals surface area contributed by atoms with Crippen LogP contribution in [0.1, 0.15) is 12.8 Å². The molecule has 1 fully saturated rings. The number of primary amides is 1. The first-order chi connectivity index (χ1) is 17.8. The maximum Gasteiger partial charge on any atom is 0.240 e. The van der Waals surface area contributed by atoms with Crippen molar-refractivity contribution >= 4 is 17.5 Å². The highest BCUT2D eigenvalue weighted by atomic mass is 19.1. The Morgan fingerprint density at radius 3 is 2.49 bits per heavy atom. The molecule has 10 heteroatoms. The second-order valence-electron chi connectivity index (χ2n) is 8.61. The van der Waals surface area contributed by atoms with E-state index in [0.717, 1.165) is 18.2 Å². The monoisotopic (exact) mass is 502 g/mol. The number of rotatable bonds is 7. The minimum atomic E-state index is -1.27. The van der Waals surface area contributed by atoms with Gasteiger partial charge >= 0.3 is 0 Å². The van der Waals surface area contributed by atoms with Gasteiger partial charge in [-0.15, -0.1) is 0 Å². The molecule has 37 heavy (non-hydrogen) atoms. The van der Waals surface area contributed by atoms with E-state index in [1.54, 1.807) is 6.07 Å². The summed E-state index contributed by atoms with van der Waals surface area (Å²) in [7, 11) is 0. The van der Waals surface area contributed by atoms with Crippen LogP contribution in [0.15, 0.2) is 73.2 Å². The van der Waals surface area contributed by atoms with E-state index in [0.29, 0.717) is 24.1 Å². The van der Waals surface area contributed by atoms with Crippen LogP contribution in [-0.2, 0) is 9.59 Å². The molecule has 8 nitrogen and oxygen atoms in total. The smallest absolute Gasteiger partial charge is 0.240 e. The van der Waals surface area contributed by atoms with E-state index in [1.165, 1.54) is 48.9 Å². The largest absolute Gasteiger partial charge is 0.507 e. The van der Waals surface area contributed by atoms with Gasteiger partial charge in [0.2, 0.25) is 11.8 Å². The zero-order valence-electron chi connectivity index (χ0n) is 19.2. The summed E-state index contributed by atoms with van der Waals surface area (Å²) in [4.78, 5) is 32.3. The Hall–Kier alpha value is -4.86. The molecule has 1 saturated carbocycles. The van der Waals surface area contributed by atoms with Crippen LogP contribution < -0.4 is 15.8 Å². The zero-order chi connectivity index (χ0) is 26.2.